The second-order valence-electron chi connectivity index (χ2n) is 10.2. The highest BCUT2D eigenvalue weighted by atomic mass is 19.4. The quantitative estimate of drug-likeness (QED) is 0.240. The molecule has 5 rings (SSSR count). The van der Waals surface area contributed by atoms with E-state index in [1.807, 2.05) is 35.8 Å². The molecular formula is C29H30F3N5O2. The SMILES string of the molecule is CCC[C@@H](Nc1nc(C(=O)O)nc2nc(-c3cccc(C)c3)n(Cc3ccc(C(F)(F)F)cc3)c12)C1CCC1. The first-order chi connectivity index (χ1) is 18.6. The third-order valence-corrected chi connectivity index (χ3v) is 7.33. The van der Waals surface area contributed by atoms with Gasteiger partial charge in [0.1, 0.15) is 11.3 Å². The van der Waals surface area contributed by atoms with Gasteiger partial charge in [0.25, 0.3) is 0 Å². The number of nitrogens with zero attached hydrogens (tertiary/aromatic N) is 4. The molecule has 0 saturated heterocycles. The lowest BCUT2D eigenvalue weighted by molar-refractivity contribution is -0.137. The number of aryl methyl sites for hydroxylation is 1. The van der Waals surface area contributed by atoms with Crippen LogP contribution in [0.4, 0.5) is 19.0 Å². The van der Waals surface area contributed by atoms with Crippen molar-refractivity contribution in [3.05, 3.63) is 71.0 Å². The van der Waals surface area contributed by atoms with Crippen LogP contribution in [0.3, 0.4) is 0 Å². The van der Waals surface area contributed by atoms with E-state index in [9.17, 15) is 23.1 Å². The molecule has 2 aromatic carbocycles. The molecule has 0 radical (unpaired) electrons. The number of nitrogens with one attached hydrogen (secondary N) is 1. The number of fused-ring (bicyclic) bond motifs is 1. The van der Waals surface area contributed by atoms with E-state index in [0.717, 1.165) is 55.4 Å². The van der Waals surface area contributed by atoms with Crippen molar-refractivity contribution in [1.82, 2.24) is 19.5 Å². The molecule has 0 amide bonds. The van der Waals surface area contributed by atoms with E-state index in [2.05, 4.69) is 22.2 Å². The third-order valence-electron chi connectivity index (χ3n) is 7.33. The summed E-state index contributed by atoms with van der Waals surface area (Å²) in [4.78, 5) is 25.3. The van der Waals surface area contributed by atoms with E-state index in [4.69, 9.17) is 4.98 Å². The summed E-state index contributed by atoms with van der Waals surface area (Å²) in [5, 5.41) is 13.3. The average Bonchev–Trinajstić information content (AvgIpc) is 3.21. The van der Waals surface area contributed by atoms with Crippen molar-refractivity contribution < 1.29 is 23.1 Å². The normalized spacial score (nSPS) is 14.8. The van der Waals surface area contributed by atoms with E-state index < -0.39 is 17.7 Å². The topological polar surface area (TPSA) is 92.9 Å². The van der Waals surface area contributed by atoms with Crippen molar-refractivity contribution in [2.75, 3.05) is 5.32 Å². The average molecular weight is 538 g/mol. The minimum atomic E-state index is -4.43. The number of hydrogen-bond donors (Lipinski definition) is 2. The van der Waals surface area contributed by atoms with Crippen LogP contribution in [0, 0.1) is 12.8 Å². The number of rotatable bonds is 9. The molecule has 0 bridgehead atoms. The standard InChI is InChI=1S/C29H30F3N5O2/c1-3-6-22(19-8-5-9-19)33-24-23-25(35-26(34-24)28(38)39)36-27(20-10-4-7-17(2)15-20)37(23)16-18-11-13-21(14-12-18)29(30,31)32/h4,7,10-15,19,22H,3,5-6,8-9,16H2,1-2H3,(H,38,39)(H,33,34,35)/t22-/m1/s1. The summed E-state index contributed by atoms with van der Waals surface area (Å²) < 4.78 is 41.4. The highest BCUT2D eigenvalue weighted by molar-refractivity contribution is 5.92. The lowest BCUT2D eigenvalue weighted by Gasteiger charge is -2.34. The molecule has 0 aliphatic heterocycles. The van der Waals surface area contributed by atoms with Gasteiger partial charge >= 0.3 is 12.1 Å². The van der Waals surface area contributed by atoms with E-state index in [0.29, 0.717) is 28.6 Å². The number of carbonyl (C=O) groups is 1. The van der Waals surface area contributed by atoms with Crippen LogP contribution in [0.5, 0.6) is 0 Å². The maximum Gasteiger partial charge on any atom is 0.416 e. The van der Waals surface area contributed by atoms with Gasteiger partial charge < -0.3 is 15.0 Å². The van der Waals surface area contributed by atoms with Crippen LogP contribution >= 0.6 is 0 Å². The Morgan fingerprint density at radius 1 is 1.13 bits per heavy atom. The maximum absolute atomic E-state index is 13.2. The number of benzene rings is 2. The van der Waals surface area contributed by atoms with Crippen molar-refractivity contribution >= 4 is 23.0 Å². The van der Waals surface area contributed by atoms with Crippen molar-refractivity contribution in [2.45, 2.75) is 64.7 Å². The number of anilines is 1. The lowest BCUT2D eigenvalue weighted by atomic mass is 9.78. The molecule has 2 N–H and O–H groups in total. The summed E-state index contributed by atoms with van der Waals surface area (Å²) in [6.45, 7) is 4.26. The van der Waals surface area contributed by atoms with Gasteiger partial charge in [0.15, 0.2) is 11.5 Å². The predicted molar refractivity (Wildman–Crippen MR) is 143 cm³/mol. The van der Waals surface area contributed by atoms with Gasteiger partial charge in [-0.3, -0.25) is 0 Å². The van der Waals surface area contributed by atoms with Crippen LogP contribution in [-0.4, -0.2) is 36.6 Å². The zero-order valence-corrected chi connectivity index (χ0v) is 21.8. The van der Waals surface area contributed by atoms with Crippen molar-refractivity contribution in [3.63, 3.8) is 0 Å². The monoisotopic (exact) mass is 537 g/mol. The molecule has 10 heteroatoms. The van der Waals surface area contributed by atoms with Crippen LogP contribution in [0.2, 0.25) is 0 Å². The number of carboxylic acid groups (broad SMARTS) is 1. The lowest BCUT2D eigenvalue weighted by Crippen LogP contribution is -2.34. The number of aromatic nitrogens is 4. The molecule has 1 aliphatic rings. The van der Waals surface area contributed by atoms with Crippen LogP contribution in [0.1, 0.15) is 66.3 Å². The third kappa shape index (κ3) is 5.60. The van der Waals surface area contributed by atoms with Crippen LogP contribution in [0.25, 0.3) is 22.6 Å². The second kappa shape index (κ2) is 10.7. The maximum atomic E-state index is 13.2. The van der Waals surface area contributed by atoms with Gasteiger partial charge in [0, 0.05) is 18.2 Å². The van der Waals surface area contributed by atoms with Gasteiger partial charge in [-0.15, -0.1) is 0 Å². The van der Waals surface area contributed by atoms with E-state index in [-0.39, 0.29) is 24.1 Å². The van der Waals surface area contributed by atoms with Gasteiger partial charge in [0.05, 0.1) is 5.56 Å². The number of aromatic carboxylic acids is 1. The van der Waals surface area contributed by atoms with Crippen LogP contribution in [0.15, 0.2) is 48.5 Å². The molecule has 204 valence electrons. The van der Waals surface area contributed by atoms with Crippen molar-refractivity contribution in [1.29, 1.82) is 0 Å². The molecule has 0 spiro atoms. The van der Waals surface area contributed by atoms with Crippen LogP contribution in [-0.2, 0) is 12.7 Å². The Bertz CT molecular complexity index is 1490. The Balaban J connectivity index is 1.68. The predicted octanol–water partition coefficient (Wildman–Crippen LogP) is 6.95. The Kier molecular flexibility index (Phi) is 7.29. The van der Waals surface area contributed by atoms with Gasteiger partial charge in [-0.2, -0.15) is 13.2 Å². The van der Waals surface area contributed by atoms with Crippen LogP contribution < -0.4 is 5.32 Å². The molecular weight excluding hydrogens is 507 g/mol. The van der Waals surface area contributed by atoms with Gasteiger partial charge in [-0.05, 0) is 55.9 Å². The molecule has 2 heterocycles. The van der Waals surface area contributed by atoms with E-state index in [1.54, 1.807) is 0 Å². The molecule has 4 aromatic rings. The smallest absolute Gasteiger partial charge is 0.416 e. The van der Waals surface area contributed by atoms with Gasteiger partial charge in [-0.25, -0.2) is 19.7 Å². The Hall–Kier alpha value is -3.95. The highest BCUT2D eigenvalue weighted by Crippen LogP contribution is 2.36. The zero-order chi connectivity index (χ0) is 27.7. The van der Waals surface area contributed by atoms with Gasteiger partial charge in [-0.1, -0.05) is 55.7 Å². The summed E-state index contributed by atoms with van der Waals surface area (Å²) >= 11 is 0. The number of halogens is 3. The Morgan fingerprint density at radius 2 is 1.87 bits per heavy atom. The summed E-state index contributed by atoms with van der Waals surface area (Å²) in [5.41, 5.74) is 2.44. The van der Waals surface area contributed by atoms with Gasteiger partial charge in [0.2, 0.25) is 5.82 Å². The highest BCUT2D eigenvalue weighted by Gasteiger charge is 2.31. The molecule has 1 aliphatic carbocycles. The first-order valence-electron chi connectivity index (χ1n) is 13.1. The summed E-state index contributed by atoms with van der Waals surface area (Å²) in [7, 11) is 0. The molecule has 1 fully saturated rings. The summed E-state index contributed by atoms with van der Waals surface area (Å²) in [6, 6.07) is 12.8. The second-order valence-corrected chi connectivity index (χ2v) is 10.2. The fourth-order valence-corrected chi connectivity index (χ4v) is 5.13. The Morgan fingerprint density at radius 3 is 2.46 bits per heavy atom. The van der Waals surface area contributed by atoms with Crippen molar-refractivity contribution in [2.24, 2.45) is 5.92 Å². The fraction of sp³-hybridized carbons (Fsp3) is 0.379. The van der Waals surface area contributed by atoms with Crippen molar-refractivity contribution in [3.8, 4) is 11.4 Å². The van der Waals surface area contributed by atoms with E-state index in [1.165, 1.54) is 12.1 Å². The summed E-state index contributed by atoms with van der Waals surface area (Å²) in [5.74, 6) is -0.245. The molecule has 1 atom stereocenters. The molecule has 0 unspecified atom stereocenters. The minimum absolute atomic E-state index is 0.111. The Labute approximate surface area is 224 Å². The minimum Gasteiger partial charge on any atom is -0.475 e. The number of imidazole rings is 1. The molecule has 39 heavy (non-hydrogen) atoms. The number of hydrogen-bond acceptors (Lipinski definition) is 5. The molecule has 2 aromatic heterocycles. The fourth-order valence-electron chi connectivity index (χ4n) is 5.13. The first kappa shape index (κ1) is 26.6. The number of carboxylic acids is 1. The van der Waals surface area contributed by atoms with E-state index >= 15 is 0 Å². The first-order valence-corrected chi connectivity index (χ1v) is 13.1. The molecule has 7 nitrogen and oxygen atoms in total. The molecule has 1 saturated carbocycles. The number of alkyl halides is 3. The summed E-state index contributed by atoms with van der Waals surface area (Å²) in [6.07, 6.45) is 0.772. The zero-order valence-electron chi connectivity index (χ0n) is 21.8. The largest absolute Gasteiger partial charge is 0.475 e.